The Hall–Kier alpha value is -3.47. The first kappa shape index (κ1) is 19.8. The third-order valence-corrected chi connectivity index (χ3v) is 5.72. The van der Waals surface area contributed by atoms with E-state index in [1.165, 1.54) is 0 Å². The predicted molar refractivity (Wildman–Crippen MR) is 117 cm³/mol. The Kier molecular flexibility index (Phi) is 5.36. The maximum Gasteiger partial charge on any atom is 0.238 e. The summed E-state index contributed by atoms with van der Waals surface area (Å²) in [5.41, 5.74) is 3.59. The number of aromatic nitrogens is 1. The average molecular weight is 399 g/mol. The Bertz CT molecular complexity index is 1080. The van der Waals surface area contributed by atoms with Crippen LogP contribution < -0.4 is 10.2 Å². The van der Waals surface area contributed by atoms with Gasteiger partial charge in [-0.3, -0.25) is 14.6 Å². The smallest absolute Gasteiger partial charge is 0.238 e. The van der Waals surface area contributed by atoms with Crippen LogP contribution in [-0.2, 0) is 28.0 Å². The van der Waals surface area contributed by atoms with Gasteiger partial charge in [0.1, 0.15) is 0 Å². The van der Waals surface area contributed by atoms with Crippen LogP contribution in [0.5, 0.6) is 0 Å². The molecule has 0 radical (unpaired) electrons. The van der Waals surface area contributed by atoms with Gasteiger partial charge in [-0.25, -0.2) is 0 Å². The summed E-state index contributed by atoms with van der Waals surface area (Å²) in [4.78, 5) is 32.6. The molecule has 1 N–H and O–H groups in total. The number of carbonyl (C=O) groups excluding carboxylic acids is 2. The number of rotatable bonds is 6. The summed E-state index contributed by atoms with van der Waals surface area (Å²) in [5.74, 6) is -0.205. The van der Waals surface area contributed by atoms with E-state index in [-0.39, 0.29) is 18.2 Å². The normalized spacial score (nSPS) is 17.7. The Balaban J connectivity index is 1.63. The van der Waals surface area contributed by atoms with Gasteiger partial charge in [-0.15, -0.1) is 0 Å². The topological polar surface area (TPSA) is 62.3 Å². The summed E-state index contributed by atoms with van der Waals surface area (Å²) >= 11 is 0. The molecule has 1 aliphatic heterocycles. The molecule has 0 bridgehead atoms. The van der Waals surface area contributed by atoms with Crippen molar-refractivity contribution in [3.63, 3.8) is 0 Å². The highest BCUT2D eigenvalue weighted by Gasteiger charge is 2.50. The zero-order valence-corrected chi connectivity index (χ0v) is 17.3. The molecule has 3 aromatic rings. The maximum atomic E-state index is 13.5. The molecule has 1 atom stereocenters. The lowest BCUT2D eigenvalue weighted by atomic mass is 9.73. The Morgan fingerprint density at radius 2 is 1.73 bits per heavy atom. The van der Waals surface area contributed by atoms with E-state index < -0.39 is 5.41 Å². The fourth-order valence-corrected chi connectivity index (χ4v) is 4.29. The number of likely N-dealkylation sites (N-methyl/N-ethyl adjacent to an activating group) is 1. The van der Waals surface area contributed by atoms with Gasteiger partial charge in [-0.05, 0) is 42.7 Å². The third-order valence-electron chi connectivity index (χ3n) is 5.72. The second kappa shape index (κ2) is 8.11. The summed E-state index contributed by atoms with van der Waals surface area (Å²) in [7, 11) is 1.78. The quantitative estimate of drug-likeness (QED) is 0.689. The molecule has 0 fully saturated rings. The molecule has 0 aliphatic carbocycles. The van der Waals surface area contributed by atoms with Crippen LogP contribution in [0, 0.1) is 6.92 Å². The number of anilines is 1. The second-order valence-corrected chi connectivity index (χ2v) is 7.85. The van der Waals surface area contributed by atoms with Gasteiger partial charge in [0.25, 0.3) is 0 Å². The number of benzene rings is 2. The molecule has 5 heteroatoms. The molecule has 1 aromatic heterocycles. The number of nitrogens with one attached hydrogen (secondary N) is 1. The first-order valence-electron chi connectivity index (χ1n) is 10.1. The van der Waals surface area contributed by atoms with Gasteiger partial charge < -0.3 is 10.2 Å². The van der Waals surface area contributed by atoms with Gasteiger partial charge >= 0.3 is 0 Å². The molecule has 0 saturated carbocycles. The lowest BCUT2D eigenvalue weighted by Gasteiger charge is -2.28. The molecule has 0 spiro atoms. The van der Waals surface area contributed by atoms with Crippen molar-refractivity contribution in [2.75, 3.05) is 11.9 Å². The van der Waals surface area contributed by atoms with E-state index in [9.17, 15) is 9.59 Å². The molecule has 2 aromatic carbocycles. The van der Waals surface area contributed by atoms with Gasteiger partial charge in [-0.2, -0.15) is 0 Å². The standard InChI is InChI=1S/C25H25N3O2/c1-18-9-8-12-20(27-18)17-26-23(29)16-25(15-19-10-4-3-5-11-19)21-13-6-7-14-22(21)28(2)24(25)30/h3-14H,15-17H2,1-2H3,(H,26,29). The van der Waals surface area contributed by atoms with Crippen molar-refractivity contribution in [1.29, 1.82) is 0 Å². The van der Waals surface area contributed by atoms with Crippen LogP contribution in [0.1, 0.15) is 28.9 Å². The average Bonchev–Trinajstić information content (AvgIpc) is 2.95. The SMILES string of the molecule is Cc1cccc(CNC(=O)CC2(Cc3ccccc3)C(=O)N(C)c3ccccc32)n1. The molecular formula is C25H25N3O2. The fraction of sp³-hybridized carbons (Fsp3) is 0.240. The number of hydrogen-bond acceptors (Lipinski definition) is 3. The van der Waals surface area contributed by atoms with Crippen LogP contribution in [0.4, 0.5) is 5.69 Å². The predicted octanol–water partition coefficient (Wildman–Crippen LogP) is 3.55. The van der Waals surface area contributed by atoms with E-state index >= 15 is 0 Å². The van der Waals surface area contributed by atoms with Gasteiger partial charge in [-0.1, -0.05) is 54.6 Å². The Labute approximate surface area is 176 Å². The van der Waals surface area contributed by atoms with Crippen LogP contribution in [0.25, 0.3) is 0 Å². The summed E-state index contributed by atoms with van der Waals surface area (Å²) in [6.07, 6.45) is 0.567. The van der Waals surface area contributed by atoms with Crippen LogP contribution in [0.3, 0.4) is 0 Å². The van der Waals surface area contributed by atoms with E-state index in [0.29, 0.717) is 13.0 Å². The number of amides is 2. The van der Waals surface area contributed by atoms with E-state index in [4.69, 9.17) is 0 Å². The first-order chi connectivity index (χ1) is 14.5. The van der Waals surface area contributed by atoms with Gasteiger partial charge in [0.05, 0.1) is 17.7 Å². The molecule has 0 saturated heterocycles. The summed E-state index contributed by atoms with van der Waals surface area (Å²) in [6.45, 7) is 2.26. The van der Waals surface area contributed by atoms with E-state index in [2.05, 4.69) is 10.3 Å². The second-order valence-electron chi connectivity index (χ2n) is 7.85. The van der Waals surface area contributed by atoms with Crippen molar-refractivity contribution in [3.05, 3.63) is 95.3 Å². The highest BCUT2D eigenvalue weighted by Crippen LogP contribution is 2.45. The third kappa shape index (κ3) is 3.71. The molecule has 1 aliphatic rings. The maximum absolute atomic E-state index is 13.5. The minimum Gasteiger partial charge on any atom is -0.350 e. The molecule has 30 heavy (non-hydrogen) atoms. The van der Waals surface area contributed by atoms with Crippen molar-refractivity contribution in [2.24, 2.45) is 0 Å². The van der Waals surface area contributed by atoms with Crippen molar-refractivity contribution in [1.82, 2.24) is 10.3 Å². The largest absolute Gasteiger partial charge is 0.350 e. The zero-order chi connectivity index (χ0) is 21.1. The summed E-state index contributed by atoms with van der Waals surface area (Å²) in [5, 5.41) is 2.96. The van der Waals surface area contributed by atoms with Gasteiger partial charge in [0.15, 0.2) is 0 Å². The zero-order valence-electron chi connectivity index (χ0n) is 17.3. The van der Waals surface area contributed by atoms with E-state index in [0.717, 1.165) is 28.2 Å². The summed E-state index contributed by atoms with van der Waals surface area (Å²) < 4.78 is 0. The van der Waals surface area contributed by atoms with Crippen LogP contribution >= 0.6 is 0 Å². The highest BCUT2D eigenvalue weighted by atomic mass is 16.2. The van der Waals surface area contributed by atoms with Gasteiger partial charge in [0.2, 0.25) is 11.8 Å². The van der Waals surface area contributed by atoms with Crippen LogP contribution in [0.15, 0.2) is 72.8 Å². The number of carbonyl (C=O) groups is 2. The lowest BCUT2D eigenvalue weighted by molar-refractivity contribution is -0.129. The fourth-order valence-electron chi connectivity index (χ4n) is 4.29. The van der Waals surface area contributed by atoms with Crippen molar-refractivity contribution >= 4 is 17.5 Å². The lowest BCUT2D eigenvalue weighted by Crippen LogP contribution is -2.44. The minimum atomic E-state index is -0.920. The van der Waals surface area contributed by atoms with Crippen molar-refractivity contribution < 1.29 is 9.59 Å². The number of para-hydroxylation sites is 1. The van der Waals surface area contributed by atoms with Crippen molar-refractivity contribution in [2.45, 2.75) is 31.7 Å². The molecule has 2 amide bonds. The Morgan fingerprint density at radius 3 is 2.50 bits per heavy atom. The van der Waals surface area contributed by atoms with Crippen LogP contribution in [0.2, 0.25) is 0 Å². The van der Waals surface area contributed by atoms with E-state index in [1.807, 2.05) is 79.7 Å². The number of hydrogen-bond donors (Lipinski definition) is 1. The minimum absolute atomic E-state index is 0.0450. The van der Waals surface area contributed by atoms with Gasteiger partial charge in [0, 0.05) is 24.8 Å². The number of fused-ring (bicyclic) bond motifs is 1. The number of aryl methyl sites for hydroxylation is 1. The van der Waals surface area contributed by atoms with Crippen molar-refractivity contribution in [3.8, 4) is 0 Å². The first-order valence-corrected chi connectivity index (χ1v) is 10.1. The molecule has 152 valence electrons. The van der Waals surface area contributed by atoms with Crippen LogP contribution in [-0.4, -0.2) is 23.8 Å². The molecule has 5 nitrogen and oxygen atoms in total. The highest BCUT2D eigenvalue weighted by molar-refractivity contribution is 6.09. The number of nitrogens with zero attached hydrogens (tertiary/aromatic N) is 2. The monoisotopic (exact) mass is 399 g/mol. The number of pyridine rings is 1. The molecule has 4 rings (SSSR count). The Morgan fingerprint density at radius 1 is 1.00 bits per heavy atom. The summed E-state index contributed by atoms with van der Waals surface area (Å²) in [6, 6.07) is 23.4. The molecule has 2 heterocycles. The molecule has 1 unspecified atom stereocenters. The van der Waals surface area contributed by atoms with E-state index in [1.54, 1.807) is 11.9 Å². The molecular weight excluding hydrogens is 374 g/mol.